The van der Waals surface area contributed by atoms with E-state index in [4.69, 9.17) is 4.84 Å². The van der Waals surface area contributed by atoms with Crippen molar-refractivity contribution in [3.8, 4) is 0 Å². The van der Waals surface area contributed by atoms with Gasteiger partial charge in [0.25, 0.3) is 0 Å². The van der Waals surface area contributed by atoms with Gasteiger partial charge in [-0.2, -0.15) is 0 Å². The lowest BCUT2D eigenvalue weighted by Gasteiger charge is -2.22. The van der Waals surface area contributed by atoms with Crippen molar-refractivity contribution in [3.05, 3.63) is 60.2 Å². The number of rotatable bonds is 2. The Morgan fingerprint density at radius 2 is 1.68 bits per heavy atom. The van der Waals surface area contributed by atoms with Gasteiger partial charge >= 0.3 is 12.2 Å². The second-order valence-electron chi connectivity index (χ2n) is 4.47. The van der Waals surface area contributed by atoms with E-state index < -0.39 is 12.2 Å². The minimum atomic E-state index is -0.856. The molecule has 0 unspecified atom stereocenters. The maximum Gasteiger partial charge on any atom is 0.443 e. The normalized spacial score (nSPS) is 9.73. The zero-order valence-corrected chi connectivity index (χ0v) is 12.3. The molecule has 0 heterocycles. The number of nitrogens with zero attached hydrogens (tertiary/aromatic N) is 1. The molecule has 0 saturated heterocycles. The van der Waals surface area contributed by atoms with Gasteiger partial charge in [-0.3, -0.25) is 0 Å². The largest absolute Gasteiger partial charge is 0.451 e. The molecule has 1 N–H and O–H groups in total. The number of ether oxygens (including phenoxy) is 1. The highest BCUT2D eigenvalue weighted by Crippen LogP contribution is 2.26. The summed E-state index contributed by atoms with van der Waals surface area (Å²) in [7, 11) is 1.18. The van der Waals surface area contributed by atoms with Crippen molar-refractivity contribution in [1.29, 1.82) is 0 Å². The average molecular weight is 300 g/mol. The summed E-state index contributed by atoms with van der Waals surface area (Å²) in [6.45, 7) is 1.92. The molecule has 0 spiro atoms. The van der Waals surface area contributed by atoms with E-state index in [2.05, 4.69) is 4.74 Å². The van der Waals surface area contributed by atoms with Crippen LogP contribution in [0.2, 0.25) is 0 Å². The van der Waals surface area contributed by atoms with Gasteiger partial charge < -0.3 is 9.57 Å². The van der Waals surface area contributed by atoms with E-state index in [1.54, 1.807) is 30.3 Å². The van der Waals surface area contributed by atoms with Crippen LogP contribution in [0.15, 0.2) is 54.6 Å². The van der Waals surface area contributed by atoms with Crippen molar-refractivity contribution in [2.45, 2.75) is 6.92 Å². The summed E-state index contributed by atoms with van der Waals surface area (Å²) in [4.78, 5) is 29.5. The summed E-state index contributed by atoms with van der Waals surface area (Å²) < 4.78 is 4.37. The first-order valence-electron chi connectivity index (χ1n) is 6.58. The van der Waals surface area contributed by atoms with Crippen molar-refractivity contribution in [2.75, 3.05) is 12.0 Å². The van der Waals surface area contributed by atoms with Crippen LogP contribution in [0.5, 0.6) is 0 Å². The molecule has 0 fully saturated rings. The fourth-order valence-electron chi connectivity index (χ4n) is 1.88. The van der Waals surface area contributed by atoms with Crippen molar-refractivity contribution in [1.82, 2.24) is 5.48 Å². The van der Waals surface area contributed by atoms with Crippen LogP contribution in [-0.2, 0) is 9.57 Å². The molecule has 114 valence electrons. The first-order valence-corrected chi connectivity index (χ1v) is 6.58. The number of nitrogens with one attached hydrogen (secondary N) is 1. The van der Waals surface area contributed by atoms with Gasteiger partial charge in [0.1, 0.15) is 0 Å². The second-order valence-corrected chi connectivity index (χ2v) is 4.47. The molecule has 2 aromatic carbocycles. The van der Waals surface area contributed by atoms with Gasteiger partial charge in [0.05, 0.1) is 18.5 Å². The second kappa shape index (κ2) is 7.12. The van der Waals surface area contributed by atoms with Crippen LogP contribution >= 0.6 is 0 Å². The minimum Gasteiger partial charge on any atom is -0.451 e. The Labute approximate surface area is 128 Å². The molecule has 0 radical (unpaired) electrons. The van der Waals surface area contributed by atoms with Gasteiger partial charge in [-0.05, 0) is 36.8 Å². The van der Waals surface area contributed by atoms with Gasteiger partial charge in [0, 0.05) is 0 Å². The average Bonchev–Trinajstić information content (AvgIpc) is 2.54. The van der Waals surface area contributed by atoms with Crippen LogP contribution in [-0.4, -0.2) is 19.3 Å². The number of carbonyl (C=O) groups is 2. The molecule has 0 aliphatic rings. The third-order valence-corrected chi connectivity index (χ3v) is 2.86. The van der Waals surface area contributed by atoms with Gasteiger partial charge in [-0.15, -0.1) is 5.48 Å². The number of hydrogen-bond donors (Lipinski definition) is 1. The summed E-state index contributed by atoms with van der Waals surface area (Å²) >= 11 is 0. The molecule has 0 bridgehead atoms. The number of anilines is 2. The molecular weight excluding hydrogens is 284 g/mol. The molecule has 0 atom stereocenters. The lowest BCUT2D eigenvalue weighted by atomic mass is 10.2. The molecular formula is C16H16N2O4. The molecule has 22 heavy (non-hydrogen) atoms. The first kappa shape index (κ1) is 15.4. The Morgan fingerprint density at radius 1 is 1.00 bits per heavy atom. The van der Waals surface area contributed by atoms with E-state index in [1.165, 1.54) is 12.0 Å². The topological polar surface area (TPSA) is 67.9 Å². The van der Waals surface area contributed by atoms with Crippen molar-refractivity contribution in [2.24, 2.45) is 0 Å². The number of hydrogen-bond acceptors (Lipinski definition) is 4. The summed E-state index contributed by atoms with van der Waals surface area (Å²) in [5, 5.41) is 0. The van der Waals surface area contributed by atoms with E-state index in [1.807, 2.05) is 36.7 Å². The van der Waals surface area contributed by atoms with E-state index in [-0.39, 0.29) is 0 Å². The molecule has 2 amide bonds. The molecule has 0 aliphatic carbocycles. The number of benzene rings is 2. The first-order chi connectivity index (χ1) is 10.6. The zero-order chi connectivity index (χ0) is 15.9. The van der Waals surface area contributed by atoms with Crippen molar-refractivity contribution >= 4 is 23.6 Å². The van der Waals surface area contributed by atoms with Crippen LogP contribution < -0.4 is 10.4 Å². The van der Waals surface area contributed by atoms with Crippen LogP contribution in [0, 0.1) is 6.92 Å². The Hall–Kier alpha value is -3.02. The van der Waals surface area contributed by atoms with Crippen LogP contribution in [0.1, 0.15) is 5.56 Å². The molecule has 6 nitrogen and oxygen atoms in total. The monoisotopic (exact) mass is 300 g/mol. The highest BCUT2D eigenvalue weighted by atomic mass is 16.7. The SMILES string of the molecule is COC(=O)NOC(=O)N(c1ccccc1)c1cccc(C)c1. The number of para-hydroxylation sites is 1. The lowest BCUT2D eigenvalue weighted by molar-refractivity contribution is 0.0783. The van der Waals surface area contributed by atoms with Crippen molar-refractivity contribution in [3.63, 3.8) is 0 Å². The smallest absolute Gasteiger partial charge is 0.443 e. The van der Waals surface area contributed by atoms with Gasteiger partial charge in [-0.1, -0.05) is 30.3 Å². The van der Waals surface area contributed by atoms with E-state index >= 15 is 0 Å². The highest BCUT2D eigenvalue weighted by molar-refractivity contribution is 5.96. The predicted octanol–water partition coefficient (Wildman–Crippen LogP) is 3.54. The predicted molar refractivity (Wildman–Crippen MR) is 81.8 cm³/mol. The van der Waals surface area contributed by atoms with Crippen molar-refractivity contribution < 1.29 is 19.2 Å². The highest BCUT2D eigenvalue weighted by Gasteiger charge is 2.21. The molecule has 0 saturated carbocycles. The summed E-state index contributed by atoms with van der Waals surface area (Å²) in [6.07, 6.45) is -1.60. The Kier molecular flexibility index (Phi) is 4.98. The van der Waals surface area contributed by atoms with Gasteiger partial charge in [0.15, 0.2) is 0 Å². The summed E-state index contributed by atoms with van der Waals surface area (Å²) in [5.74, 6) is 0. The third-order valence-electron chi connectivity index (χ3n) is 2.86. The van der Waals surface area contributed by atoms with Crippen LogP contribution in [0.3, 0.4) is 0 Å². The number of amides is 2. The fraction of sp³-hybridized carbons (Fsp3) is 0.125. The molecule has 0 aliphatic heterocycles. The van der Waals surface area contributed by atoms with Gasteiger partial charge in [-0.25, -0.2) is 14.5 Å². The quantitative estimate of drug-likeness (QED) is 0.861. The molecule has 2 rings (SSSR count). The third kappa shape index (κ3) is 3.76. The Bertz CT molecular complexity index is 658. The van der Waals surface area contributed by atoms with Crippen LogP contribution in [0.25, 0.3) is 0 Å². The Morgan fingerprint density at radius 3 is 2.32 bits per heavy atom. The summed E-state index contributed by atoms with van der Waals surface area (Å²) in [5.41, 5.74) is 4.15. The maximum absolute atomic E-state index is 12.3. The number of hydroxylamine groups is 1. The minimum absolute atomic E-state index is 0.616. The number of aryl methyl sites for hydroxylation is 1. The number of methoxy groups -OCH3 is 1. The molecule has 2 aromatic rings. The summed E-state index contributed by atoms with van der Waals surface area (Å²) in [6, 6.07) is 16.4. The number of carbonyl (C=O) groups excluding carboxylic acids is 2. The Balaban J connectivity index is 2.30. The lowest BCUT2D eigenvalue weighted by Crippen LogP contribution is -2.34. The molecule has 0 aromatic heterocycles. The maximum atomic E-state index is 12.3. The zero-order valence-electron chi connectivity index (χ0n) is 12.3. The standard InChI is InChI=1S/C16H16N2O4/c1-12-7-6-10-14(11-12)18(13-8-4-3-5-9-13)16(20)22-17-15(19)21-2/h3-11H,1-2H3,(H,17,19). The fourth-order valence-corrected chi connectivity index (χ4v) is 1.88. The van der Waals surface area contributed by atoms with E-state index in [0.29, 0.717) is 11.4 Å². The van der Waals surface area contributed by atoms with E-state index in [9.17, 15) is 9.59 Å². The van der Waals surface area contributed by atoms with E-state index in [0.717, 1.165) is 5.56 Å². The molecule has 6 heteroatoms. The van der Waals surface area contributed by atoms with Gasteiger partial charge in [0.2, 0.25) is 0 Å². The van der Waals surface area contributed by atoms with Crippen LogP contribution in [0.4, 0.5) is 21.0 Å².